The maximum Gasteiger partial charge on any atom is 0.225 e. The summed E-state index contributed by atoms with van der Waals surface area (Å²) in [4.78, 5) is 14.3. The first-order valence-corrected chi connectivity index (χ1v) is 7.22. The van der Waals surface area contributed by atoms with Crippen molar-refractivity contribution in [2.75, 3.05) is 25.0 Å². The van der Waals surface area contributed by atoms with E-state index >= 15 is 0 Å². The number of nitrogens with one attached hydrogen (secondary N) is 1. The Kier molecular flexibility index (Phi) is 4.97. The van der Waals surface area contributed by atoms with Crippen molar-refractivity contribution in [2.45, 2.75) is 33.1 Å². The van der Waals surface area contributed by atoms with Gasteiger partial charge < -0.3 is 10.2 Å². The molecule has 1 aliphatic heterocycles. The molecule has 0 saturated carbocycles. The van der Waals surface area contributed by atoms with E-state index in [1.54, 1.807) is 0 Å². The maximum atomic E-state index is 11.9. The number of hydrogen-bond donors (Lipinski definition) is 1. The van der Waals surface area contributed by atoms with Crippen molar-refractivity contribution in [1.29, 1.82) is 0 Å². The Balaban J connectivity index is 1.73. The van der Waals surface area contributed by atoms with Gasteiger partial charge in [0.25, 0.3) is 0 Å². The molecule has 0 aliphatic carbocycles. The van der Waals surface area contributed by atoms with Gasteiger partial charge in [-0.1, -0.05) is 24.6 Å². The van der Waals surface area contributed by atoms with Crippen LogP contribution in [0.2, 0.25) is 0 Å². The lowest BCUT2D eigenvalue weighted by molar-refractivity contribution is -0.116. The van der Waals surface area contributed by atoms with Crippen molar-refractivity contribution in [2.24, 2.45) is 5.92 Å². The van der Waals surface area contributed by atoms with Crippen LogP contribution < -0.4 is 5.32 Å². The molecule has 1 aliphatic rings. The predicted octanol–water partition coefficient (Wildman–Crippen LogP) is 3.06. The van der Waals surface area contributed by atoms with Crippen molar-refractivity contribution >= 4 is 11.6 Å². The Morgan fingerprint density at radius 2 is 2.11 bits per heavy atom. The van der Waals surface area contributed by atoms with E-state index in [2.05, 4.69) is 17.1 Å². The number of nitrogens with zero attached hydrogens (tertiary/aromatic N) is 1. The second-order valence-corrected chi connectivity index (χ2v) is 5.71. The van der Waals surface area contributed by atoms with Crippen LogP contribution in [0.3, 0.4) is 0 Å². The molecule has 0 spiro atoms. The van der Waals surface area contributed by atoms with Crippen LogP contribution in [0.1, 0.15) is 31.7 Å². The molecule has 0 bridgehead atoms. The first kappa shape index (κ1) is 14.1. The first-order chi connectivity index (χ1) is 9.13. The predicted molar refractivity (Wildman–Crippen MR) is 79.3 cm³/mol. The van der Waals surface area contributed by atoms with Crippen LogP contribution in [0, 0.1) is 12.8 Å². The van der Waals surface area contributed by atoms with Crippen LogP contribution in [-0.4, -0.2) is 30.4 Å². The van der Waals surface area contributed by atoms with Crippen molar-refractivity contribution in [1.82, 2.24) is 4.90 Å². The molecular formula is C16H24N2O. The molecule has 104 valence electrons. The molecule has 1 heterocycles. The number of carbonyl (C=O) groups is 1. The van der Waals surface area contributed by atoms with Gasteiger partial charge in [-0.15, -0.1) is 0 Å². The van der Waals surface area contributed by atoms with Gasteiger partial charge in [0.2, 0.25) is 5.91 Å². The summed E-state index contributed by atoms with van der Waals surface area (Å²) in [5.41, 5.74) is 2.10. The summed E-state index contributed by atoms with van der Waals surface area (Å²) in [7, 11) is 0. The quantitative estimate of drug-likeness (QED) is 0.902. The Labute approximate surface area is 116 Å². The largest absolute Gasteiger partial charge is 0.326 e. The fraction of sp³-hybridized carbons (Fsp3) is 0.562. The van der Waals surface area contributed by atoms with Crippen LogP contribution in [-0.2, 0) is 4.79 Å². The molecule has 19 heavy (non-hydrogen) atoms. The molecular weight excluding hydrogens is 236 g/mol. The molecule has 1 saturated heterocycles. The van der Waals surface area contributed by atoms with E-state index in [0.717, 1.165) is 31.2 Å². The summed E-state index contributed by atoms with van der Waals surface area (Å²) in [6.45, 7) is 7.49. The first-order valence-electron chi connectivity index (χ1n) is 7.22. The molecule has 1 amide bonds. The zero-order valence-electron chi connectivity index (χ0n) is 12.0. The zero-order chi connectivity index (χ0) is 13.7. The topological polar surface area (TPSA) is 32.3 Å². The molecule has 1 N–H and O–H groups in total. The number of hydrogen-bond acceptors (Lipinski definition) is 2. The summed E-state index contributed by atoms with van der Waals surface area (Å²) < 4.78 is 0. The Bertz CT molecular complexity index is 413. The minimum Gasteiger partial charge on any atom is -0.326 e. The number of benzene rings is 1. The smallest absolute Gasteiger partial charge is 0.225 e. The highest BCUT2D eigenvalue weighted by molar-refractivity contribution is 5.90. The second kappa shape index (κ2) is 6.71. The monoisotopic (exact) mass is 260 g/mol. The normalized spacial score (nSPS) is 20.2. The van der Waals surface area contributed by atoms with E-state index in [0.29, 0.717) is 6.42 Å². The van der Waals surface area contributed by atoms with Gasteiger partial charge in [0.05, 0.1) is 0 Å². The van der Waals surface area contributed by atoms with Crippen LogP contribution in [0.25, 0.3) is 0 Å². The molecule has 1 fully saturated rings. The van der Waals surface area contributed by atoms with Gasteiger partial charge in [0, 0.05) is 25.2 Å². The average molecular weight is 260 g/mol. The number of rotatable bonds is 4. The Morgan fingerprint density at radius 1 is 1.37 bits per heavy atom. The summed E-state index contributed by atoms with van der Waals surface area (Å²) in [5.74, 6) is 0.885. The van der Waals surface area contributed by atoms with Crippen LogP contribution >= 0.6 is 0 Å². The molecule has 3 heteroatoms. The molecule has 2 rings (SSSR count). The number of anilines is 1. The summed E-state index contributed by atoms with van der Waals surface area (Å²) in [6.07, 6.45) is 3.17. The highest BCUT2D eigenvalue weighted by Gasteiger charge is 2.16. The molecule has 1 aromatic carbocycles. The van der Waals surface area contributed by atoms with E-state index in [9.17, 15) is 4.79 Å². The number of piperidine rings is 1. The molecule has 1 aromatic rings. The molecule has 0 radical (unpaired) electrons. The number of aryl methyl sites for hydroxylation is 1. The van der Waals surface area contributed by atoms with Gasteiger partial charge in [0.15, 0.2) is 0 Å². The van der Waals surface area contributed by atoms with Crippen molar-refractivity contribution in [3.05, 3.63) is 29.8 Å². The standard InChI is InChI=1S/C16H24N2O/c1-13-5-7-15(8-6-13)17-16(19)9-11-18-10-3-4-14(2)12-18/h5-8,14H,3-4,9-12H2,1-2H3,(H,17,19). The molecule has 1 atom stereocenters. The van der Waals surface area contributed by atoms with E-state index in [1.807, 2.05) is 31.2 Å². The Hall–Kier alpha value is -1.35. The summed E-state index contributed by atoms with van der Waals surface area (Å²) in [6, 6.07) is 7.94. The van der Waals surface area contributed by atoms with Crippen molar-refractivity contribution < 1.29 is 4.79 Å². The van der Waals surface area contributed by atoms with E-state index in [-0.39, 0.29) is 5.91 Å². The van der Waals surface area contributed by atoms with Crippen molar-refractivity contribution in [3.63, 3.8) is 0 Å². The third-order valence-electron chi connectivity index (χ3n) is 3.73. The minimum atomic E-state index is 0.113. The van der Waals surface area contributed by atoms with Crippen LogP contribution in [0.4, 0.5) is 5.69 Å². The van der Waals surface area contributed by atoms with Gasteiger partial charge in [0.1, 0.15) is 0 Å². The SMILES string of the molecule is Cc1ccc(NC(=O)CCN2CCCC(C)C2)cc1. The fourth-order valence-corrected chi connectivity index (χ4v) is 2.61. The van der Waals surface area contributed by atoms with E-state index in [1.165, 1.54) is 18.4 Å². The van der Waals surface area contributed by atoms with Crippen molar-refractivity contribution in [3.8, 4) is 0 Å². The van der Waals surface area contributed by atoms with Gasteiger partial charge in [-0.3, -0.25) is 4.79 Å². The molecule has 0 aromatic heterocycles. The number of amides is 1. The third kappa shape index (κ3) is 4.67. The number of carbonyl (C=O) groups excluding carboxylic acids is 1. The summed E-state index contributed by atoms with van der Waals surface area (Å²) >= 11 is 0. The highest BCUT2D eigenvalue weighted by Crippen LogP contribution is 2.15. The van der Waals surface area contributed by atoms with Gasteiger partial charge in [-0.2, -0.15) is 0 Å². The number of likely N-dealkylation sites (tertiary alicyclic amines) is 1. The Morgan fingerprint density at radius 3 is 2.79 bits per heavy atom. The van der Waals surface area contributed by atoms with Gasteiger partial charge in [-0.05, 0) is 44.4 Å². The van der Waals surface area contributed by atoms with E-state index < -0.39 is 0 Å². The molecule has 3 nitrogen and oxygen atoms in total. The second-order valence-electron chi connectivity index (χ2n) is 5.71. The lowest BCUT2D eigenvalue weighted by atomic mass is 10.0. The zero-order valence-corrected chi connectivity index (χ0v) is 12.0. The van der Waals surface area contributed by atoms with Gasteiger partial charge in [-0.25, -0.2) is 0 Å². The maximum absolute atomic E-state index is 11.9. The summed E-state index contributed by atoms with van der Waals surface area (Å²) in [5, 5.41) is 2.95. The highest BCUT2D eigenvalue weighted by atomic mass is 16.1. The average Bonchev–Trinajstić information content (AvgIpc) is 2.39. The van der Waals surface area contributed by atoms with Gasteiger partial charge >= 0.3 is 0 Å². The minimum absolute atomic E-state index is 0.113. The molecule has 1 unspecified atom stereocenters. The van der Waals surface area contributed by atoms with E-state index in [4.69, 9.17) is 0 Å². The lowest BCUT2D eigenvalue weighted by Gasteiger charge is -2.30. The fourth-order valence-electron chi connectivity index (χ4n) is 2.61. The van der Waals surface area contributed by atoms with Crippen LogP contribution in [0.15, 0.2) is 24.3 Å². The lowest BCUT2D eigenvalue weighted by Crippen LogP contribution is -2.36. The third-order valence-corrected chi connectivity index (χ3v) is 3.73. The van der Waals surface area contributed by atoms with Crippen LogP contribution in [0.5, 0.6) is 0 Å².